The summed E-state index contributed by atoms with van der Waals surface area (Å²) in [7, 11) is 2.02. The Labute approximate surface area is 91.7 Å². The molecule has 0 saturated heterocycles. The lowest BCUT2D eigenvalue weighted by atomic mass is 10.4. The van der Waals surface area contributed by atoms with Crippen LogP contribution in [-0.2, 0) is 18.2 Å². The van der Waals surface area contributed by atoms with Crippen LogP contribution in [0.3, 0.4) is 0 Å². The van der Waals surface area contributed by atoms with Gasteiger partial charge in [-0.05, 0) is 13.8 Å². The summed E-state index contributed by atoms with van der Waals surface area (Å²) in [6.45, 7) is 6.73. The Kier molecular flexibility index (Phi) is 5.36. The predicted molar refractivity (Wildman–Crippen MR) is 60.9 cm³/mol. The van der Waals surface area contributed by atoms with Gasteiger partial charge in [-0.3, -0.25) is 0 Å². The number of aryl methyl sites for hydroxylation is 1. The fraction of sp³-hybridized carbons (Fsp3) is 0.727. The molecule has 0 aliphatic rings. The largest absolute Gasteiger partial charge is 0.377 e. The Bertz CT molecular complexity index is 271. The molecule has 0 unspecified atom stereocenters. The molecule has 1 aromatic rings. The topological polar surface area (TPSA) is 39.1 Å². The molecule has 0 aliphatic heterocycles. The number of nitrogens with one attached hydrogen (secondary N) is 1. The second-order valence-electron chi connectivity index (χ2n) is 3.87. The molecule has 0 amide bonds. The van der Waals surface area contributed by atoms with Crippen LogP contribution in [0.5, 0.6) is 0 Å². The third-order valence-electron chi connectivity index (χ3n) is 2.18. The normalized spacial score (nSPS) is 11.2. The van der Waals surface area contributed by atoms with Crippen LogP contribution in [0, 0.1) is 0 Å². The van der Waals surface area contributed by atoms with Gasteiger partial charge in [-0.25, -0.2) is 4.98 Å². The summed E-state index contributed by atoms with van der Waals surface area (Å²) in [6.07, 6.45) is 5.08. The van der Waals surface area contributed by atoms with E-state index in [9.17, 15) is 0 Å². The smallest absolute Gasteiger partial charge is 0.109 e. The molecular weight excluding hydrogens is 190 g/mol. The Morgan fingerprint density at radius 1 is 1.47 bits per heavy atom. The molecule has 0 saturated carbocycles. The minimum atomic E-state index is 0.321. The molecule has 0 atom stereocenters. The Hall–Kier alpha value is -0.870. The standard InChI is InChI=1S/C11H21N3O/c1-10(2)15-9-7-12-5-4-11-13-6-8-14(11)3/h6,8,10,12H,4-5,7,9H2,1-3H3. The highest BCUT2D eigenvalue weighted by Crippen LogP contribution is 1.93. The number of hydrogen-bond acceptors (Lipinski definition) is 3. The van der Waals surface area contributed by atoms with Gasteiger partial charge in [0.05, 0.1) is 12.7 Å². The minimum Gasteiger partial charge on any atom is -0.377 e. The second-order valence-corrected chi connectivity index (χ2v) is 3.87. The molecule has 1 N–H and O–H groups in total. The molecule has 0 bridgehead atoms. The van der Waals surface area contributed by atoms with Crippen LogP contribution in [0.4, 0.5) is 0 Å². The fourth-order valence-electron chi connectivity index (χ4n) is 1.33. The van der Waals surface area contributed by atoms with Crippen LogP contribution in [0.1, 0.15) is 19.7 Å². The predicted octanol–water partition coefficient (Wildman–Crippen LogP) is 0.977. The van der Waals surface area contributed by atoms with Crippen molar-refractivity contribution in [3.05, 3.63) is 18.2 Å². The molecule has 1 rings (SSSR count). The van der Waals surface area contributed by atoms with Crippen LogP contribution in [-0.4, -0.2) is 35.4 Å². The van der Waals surface area contributed by atoms with Crippen molar-refractivity contribution < 1.29 is 4.74 Å². The van der Waals surface area contributed by atoms with E-state index in [1.54, 1.807) is 0 Å². The van der Waals surface area contributed by atoms with Crippen LogP contribution >= 0.6 is 0 Å². The van der Waals surface area contributed by atoms with E-state index in [2.05, 4.69) is 10.3 Å². The average Bonchev–Trinajstić information content (AvgIpc) is 2.57. The Morgan fingerprint density at radius 2 is 2.27 bits per heavy atom. The van der Waals surface area contributed by atoms with Crippen LogP contribution in [0.2, 0.25) is 0 Å². The maximum absolute atomic E-state index is 5.42. The lowest BCUT2D eigenvalue weighted by molar-refractivity contribution is 0.0809. The fourth-order valence-corrected chi connectivity index (χ4v) is 1.33. The zero-order valence-corrected chi connectivity index (χ0v) is 9.86. The molecule has 0 spiro atoms. The van der Waals surface area contributed by atoms with Gasteiger partial charge in [-0.15, -0.1) is 0 Å². The quantitative estimate of drug-likeness (QED) is 0.683. The van der Waals surface area contributed by atoms with Gasteiger partial charge < -0.3 is 14.6 Å². The van der Waals surface area contributed by atoms with E-state index < -0.39 is 0 Å². The number of imidazole rings is 1. The molecule has 0 radical (unpaired) electrons. The van der Waals surface area contributed by atoms with E-state index in [-0.39, 0.29) is 0 Å². The van der Waals surface area contributed by atoms with Gasteiger partial charge in [-0.2, -0.15) is 0 Å². The Morgan fingerprint density at radius 3 is 2.87 bits per heavy atom. The van der Waals surface area contributed by atoms with E-state index in [1.165, 1.54) is 0 Å². The van der Waals surface area contributed by atoms with E-state index >= 15 is 0 Å². The second kappa shape index (κ2) is 6.58. The number of rotatable bonds is 7. The lowest BCUT2D eigenvalue weighted by Crippen LogP contribution is -2.24. The Balaban J connectivity index is 2.00. The molecule has 4 heteroatoms. The molecule has 1 heterocycles. The first-order valence-corrected chi connectivity index (χ1v) is 5.48. The van der Waals surface area contributed by atoms with Crippen molar-refractivity contribution in [3.63, 3.8) is 0 Å². The number of aromatic nitrogens is 2. The highest BCUT2D eigenvalue weighted by atomic mass is 16.5. The lowest BCUT2D eigenvalue weighted by Gasteiger charge is -2.08. The third kappa shape index (κ3) is 4.95. The van der Waals surface area contributed by atoms with Gasteiger partial charge in [-0.1, -0.05) is 0 Å². The van der Waals surface area contributed by atoms with Crippen molar-refractivity contribution in [2.45, 2.75) is 26.4 Å². The molecular formula is C11H21N3O. The van der Waals surface area contributed by atoms with Crippen molar-refractivity contribution in [2.75, 3.05) is 19.7 Å². The zero-order valence-electron chi connectivity index (χ0n) is 9.86. The summed E-state index contributed by atoms with van der Waals surface area (Å²) in [5, 5.41) is 3.33. The maximum Gasteiger partial charge on any atom is 0.109 e. The average molecular weight is 211 g/mol. The third-order valence-corrected chi connectivity index (χ3v) is 2.18. The van der Waals surface area contributed by atoms with Crippen molar-refractivity contribution in [1.82, 2.24) is 14.9 Å². The highest BCUT2D eigenvalue weighted by Gasteiger charge is 1.98. The van der Waals surface area contributed by atoms with Crippen LogP contribution < -0.4 is 5.32 Å². The first-order chi connectivity index (χ1) is 7.20. The van der Waals surface area contributed by atoms with Gasteiger partial charge in [0.1, 0.15) is 5.82 Å². The molecule has 0 fully saturated rings. The number of hydrogen-bond donors (Lipinski definition) is 1. The number of nitrogens with zero attached hydrogens (tertiary/aromatic N) is 2. The summed E-state index contributed by atoms with van der Waals surface area (Å²) in [4.78, 5) is 4.25. The highest BCUT2D eigenvalue weighted by molar-refractivity contribution is 4.91. The summed E-state index contributed by atoms with van der Waals surface area (Å²) < 4.78 is 7.47. The van der Waals surface area contributed by atoms with Crippen molar-refractivity contribution in [2.24, 2.45) is 7.05 Å². The molecule has 4 nitrogen and oxygen atoms in total. The molecule has 0 aromatic carbocycles. The summed E-state index contributed by atoms with van der Waals surface area (Å²) in [5.74, 6) is 1.12. The van der Waals surface area contributed by atoms with E-state index in [0.717, 1.165) is 31.9 Å². The molecule has 86 valence electrons. The monoisotopic (exact) mass is 211 g/mol. The minimum absolute atomic E-state index is 0.321. The maximum atomic E-state index is 5.42. The summed E-state index contributed by atoms with van der Waals surface area (Å²) in [6, 6.07) is 0. The zero-order chi connectivity index (χ0) is 11.1. The molecule has 15 heavy (non-hydrogen) atoms. The summed E-state index contributed by atoms with van der Waals surface area (Å²) >= 11 is 0. The van der Waals surface area contributed by atoms with Gasteiger partial charge >= 0.3 is 0 Å². The molecule has 1 aromatic heterocycles. The van der Waals surface area contributed by atoms with E-state index in [0.29, 0.717) is 6.10 Å². The van der Waals surface area contributed by atoms with Crippen LogP contribution in [0.15, 0.2) is 12.4 Å². The van der Waals surface area contributed by atoms with Crippen molar-refractivity contribution in [1.29, 1.82) is 0 Å². The van der Waals surface area contributed by atoms with E-state index in [1.807, 2.05) is 37.9 Å². The number of ether oxygens (including phenoxy) is 1. The van der Waals surface area contributed by atoms with Gasteiger partial charge in [0.2, 0.25) is 0 Å². The van der Waals surface area contributed by atoms with Crippen molar-refractivity contribution in [3.8, 4) is 0 Å². The van der Waals surface area contributed by atoms with Gasteiger partial charge in [0.15, 0.2) is 0 Å². The summed E-state index contributed by atoms with van der Waals surface area (Å²) in [5.41, 5.74) is 0. The molecule has 0 aliphatic carbocycles. The van der Waals surface area contributed by atoms with Crippen molar-refractivity contribution >= 4 is 0 Å². The first kappa shape index (κ1) is 12.2. The van der Waals surface area contributed by atoms with E-state index in [4.69, 9.17) is 4.74 Å². The first-order valence-electron chi connectivity index (χ1n) is 5.48. The SMILES string of the molecule is CC(C)OCCNCCc1nccn1C. The van der Waals surface area contributed by atoms with Gasteiger partial charge in [0.25, 0.3) is 0 Å². The van der Waals surface area contributed by atoms with Gasteiger partial charge in [0, 0.05) is 39.0 Å². The van der Waals surface area contributed by atoms with Crippen LogP contribution in [0.25, 0.3) is 0 Å².